The van der Waals surface area contributed by atoms with Crippen LogP contribution in [0.3, 0.4) is 0 Å². The molecule has 2 aromatic heterocycles. The van der Waals surface area contributed by atoms with Crippen LogP contribution in [-0.2, 0) is 9.59 Å². The first-order valence-corrected chi connectivity index (χ1v) is 17.3. The predicted octanol–water partition coefficient (Wildman–Crippen LogP) is 7.39. The molecular weight excluding hydrogens is 672 g/mol. The highest BCUT2D eigenvalue weighted by atomic mass is 79.9. The molecule has 0 aromatic carbocycles. The first-order valence-electron chi connectivity index (χ1n) is 14.1. The molecule has 0 unspecified atom stereocenters. The standard InChI is InChI=1S/C30H40Br2N4O2S2/c1-33(2)17-9-5-7-11-19-35-27(21-13-15-23(31)39-21)25-26(29(35)37)28(22-14-16-24(32)40-22)36(30(25)38)20-12-8-6-10-18-34(3)4/h13-16H,5-12,17-20H2,1-4H3. The smallest absolute Gasteiger partial charge is 0.261 e. The third kappa shape index (κ3) is 7.55. The molecule has 0 aliphatic carbocycles. The summed E-state index contributed by atoms with van der Waals surface area (Å²) in [6.45, 7) is 3.40. The van der Waals surface area contributed by atoms with Crippen LogP contribution in [0.4, 0.5) is 0 Å². The zero-order valence-corrected chi connectivity index (χ0v) is 28.8. The average Bonchev–Trinajstić information content (AvgIpc) is 3.64. The van der Waals surface area contributed by atoms with Crippen molar-refractivity contribution in [3.05, 3.63) is 52.7 Å². The van der Waals surface area contributed by atoms with Gasteiger partial charge >= 0.3 is 0 Å². The van der Waals surface area contributed by atoms with Crippen molar-refractivity contribution >= 4 is 77.7 Å². The highest BCUT2D eigenvalue weighted by molar-refractivity contribution is 9.11. The number of carbonyl (C=O) groups excluding carboxylic acids is 2. The van der Waals surface area contributed by atoms with Gasteiger partial charge in [0.1, 0.15) is 0 Å². The van der Waals surface area contributed by atoms with Crippen molar-refractivity contribution in [3.63, 3.8) is 0 Å². The van der Waals surface area contributed by atoms with Gasteiger partial charge in [0.05, 0.1) is 39.9 Å². The van der Waals surface area contributed by atoms with E-state index in [-0.39, 0.29) is 11.8 Å². The molecule has 2 aliphatic heterocycles. The largest absolute Gasteiger partial charge is 0.309 e. The monoisotopic (exact) mass is 710 g/mol. The molecule has 4 heterocycles. The molecule has 2 aromatic rings. The number of rotatable bonds is 16. The Bertz CT molecular complexity index is 1170. The number of hydrogen-bond acceptors (Lipinski definition) is 6. The molecule has 0 saturated heterocycles. The van der Waals surface area contributed by atoms with Crippen molar-refractivity contribution in [2.45, 2.75) is 51.4 Å². The van der Waals surface area contributed by atoms with Crippen LogP contribution >= 0.6 is 54.5 Å². The molecule has 10 heteroatoms. The van der Waals surface area contributed by atoms with E-state index in [1.54, 1.807) is 22.7 Å². The highest BCUT2D eigenvalue weighted by Crippen LogP contribution is 2.49. The lowest BCUT2D eigenvalue weighted by atomic mass is 10.1. The summed E-state index contributed by atoms with van der Waals surface area (Å²) in [6, 6.07) is 8.06. The Hall–Kier alpha value is -1.30. The molecule has 0 fully saturated rings. The number of fused-ring (bicyclic) bond motifs is 1. The normalized spacial score (nSPS) is 15.7. The summed E-state index contributed by atoms with van der Waals surface area (Å²) < 4.78 is 1.98. The van der Waals surface area contributed by atoms with E-state index in [0.29, 0.717) is 24.2 Å². The van der Waals surface area contributed by atoms with Crippen LogP contribution in [0.25, 0.3) is 11.4 Å². The Morgan fingerprint density at radius 3 is 1.30 bits per heavy atom. The quantitative estimate of drug-likeness (QED) is 0.171. The average molecular weight is 713 g/mol. The number of halogens is 2. The van der Waals surface area contributed by atoms with E-state index in [1.165, 1.54) is 0 Å². The van der Waals surface area contributed by atoms with Gasteiger partial charge in [-0.1, -0.05) is 25.7 Å². The van der Waals surface area contributed by atoms with Crippen molar-refractivity contribution in [1.29, 1.82) is 0 Å². The molecule has 0 N–H and O–H groups in total. The lowest BCUT2D eigenvalue weighted by molar-refractivity contribution is -0.124. The topological polar surface area (TPSA) is 47.1 Å². The number of unbranched alkanes of at least 4 members (excludes halogenated alkanes) is 6. The van der Waals surface area contributed by atoms with Crippen molar-refractivity contribution in [3.8, 4) is 0 Å². The fourth-order valence-corrected chi connectivity index (χ4v) is 8.21. The first kappa shape index (κ1) is 31.6. The van der Waals surface area contributed by atoms with E-state index in [1.807, 2.05) is 34.1 Å². The zero-order chi connectivity index (χ0) is 28.8. The molecule has 0 saturated carbocycles. The van der Waals surface area contributed by atoms with Crippen LogP contribution in [0.1, 0.15) is 61.1 Å². The van der Waals surface area contributed by atoms with Crippen LogP contribution in [0.15, 0.2) is 43.0 Å². The van der Waals surface area contributed by atoms with Crippen LogP contribution in [0.5, 0.6) is 0 Å². The molecule has 6 nitrogen and oxygen atoms in total. The summed E-state index contributed by atoms with van der Waals surface area (Å²) in [6.07, 6.45) is 8.53. The Balaban J connectivity index is 1.62. The second-order valence-corrected chi connectivity index (χ2v) is 15.9. The minimum Gasteiger partial charge on any atom is -0.309 e. The van der Waals surface area contributed by atoms with Crippen LogP contribution in [-0.4, -0.2) is 85.8 Å². The van der Waals surface area contributed by atoms with E-state index in [2.05, 4.69) is 69.9 Å². The molecule has 0 spiro atoms. The van der Waals surface area contributed by atoms with Crippen molar-refractivity contribution in [2.24, 2.45) is 0 Å². The molecule has 2 amide bonds. The van der Waals surface area contributed by atoms with Crippen molar-refractivity contribution < 1.29 is 9.59 Å². The minimum absolute atomic E-state index is 0.0378. The van der Waals surface area contributed by atoms with Gasteiger partial charge in [-0.25, -0.2) is 0 Å². The van der Waals surface area contributed by atoms with Crippen molar-refractivity contribution in [1.82, 2.24) is 19.6 Å². The Morgan fingerprint density at radius 2 is 0.975 bits per heavy atom. The summed E-state index contributed by atoms with van der Waals surface area (Å²) >= 11 is 10.4. The van der Waals surface area contributed by atoms with Crippen LogP contribution in [0.2, 0.25) is 0 Å². The second kappa shape index (κ2) is 14.7. The molecule has 0 radical (unpaired) electrons. The van der Waals surface area contributed by atoms with Crippen LogP contribution < -0.4 is 0 Å². The third-order valence-corrected chi connectivity index (χ3v) is 10.5. The van der Waals surface area contributed by atoms with Gasteiger partial charge in [0.2, 0.25) is 0 Å². The summed E-state index contributed by atoms with van der Waals surface area (Å²) in [5, 5.41) is 0. The van der Waals surface area contributed by atoms with E-state index in [4.69, 9.17) is 0 Å². The third-order valence-electron chi connectivity index (χ3n) is 7.27. The van der Waals surface area contributed by atoms with Crippen LogP contribution in [0, 0.1) is 0 Å². The number of hydrogen-bond donors (Lipinski definition) is 0. The minimum atomic E-state index is -0.0378. The van der Waals surface area contributed by atoms with Gasteiger partial charge < -0.3 is 19.6 Å². The van der Waals surface area contributed by atoms with E-state index in [9.17, 15) is 9.59 Å². The first-order chi connectivity index (χ1) is 19.2. The summed E-state index contributed by atoms with van der Waals surface area (Å²) in [4.78, 5) is 38.4. The maximum absolute atomic E-state index is 14.2. The van der Waals surface area contributed by atoms with E-state index in [0.717, 1.165) is 93.2 Å². The van der Waals surface area contributed by atoms with Gasteiger partial charge in [-0.3, -0.25) is 9.59 Å². The van der Waals surface area contributed by atoms with Gasteiger partial charge in [-0.05, 0) is 123 Å². The summed E-state index contributed by atoms with van der Waals surface area (Å²) in [5.74, 6) is -0.0756. The Kier molecular flexibility index (Phi) is 11.7. The molecule has 0 atom stereocenters. The van der Waals surface area contributed by atoms with Gasteiger partial charge in [0.15, 0.2) is 0 Å². The Morgan fingerprint density at radius 1 is 0.600 bits per heavy atom. The highest BCUT2D eigenvalue weighted by Gasteiger charge is 2.49. The molecule has 218 valence electrons. The van der Waals surface area contributed by atoms with Gasteiger partial charge in [-0.15, -0.1) is 22.7 Å². The molecule has 0 bridgehead atoms. The fourth-order valence-electron chi connectivity index (χ4n) is 5.32. The molecule has 40 heavy (non-hydrogen) atoms. The van der Waals surface area contributed by atoms with E-state index >= 15 is 0 Å². The summed E-state index contributed by atoms with van der Waals surface area (Å²) in [7, 11) is 8.40. The zero-order valence-electron chi connectivity index (χ0n) is 24.0. The molecule has 4 rings (SSSR count). The number of amides is 2. The van der Waals surface area contributed by atoms with Gasteiger partial charge in [0.25, 0.3) is 11.8 Å². The second-order valence-electron chi connectivity index (χ2n) is 11.0. The van der Waals surface area contributed by atoms with Gasteiger partial charge in [0, 0.05) is 13.1 Å². The predicted molar refractivity (Wildman–Crippen MR) is 175 cm³/mol. The van der Waals surface area contributed by atoms with Gasteiger partial charge in [-0.2, -0.15) is 0 Å². The molecular formula is C30H40Br2N4O2S2. The maximum atomic E-state index is 14.2. The Labute approximate surface area is 264 Å². The lowest BCUT2D eigenvalue weighted by Crippen LogP contribution is -2.30. The summed E-state index contributed by atoms with van der Waals surface area (Å²) in [5.41, 5.74) is 2.74. The fraction of sp³-hybridized carbons (Fsp3) is 0.533. The molecule has 2 aliphatic rings. The number of nitrogens with zero attached hydrogens (tertiary/aromatic N) is 4. The lowest BCUT2D eigenvalue weighted by Gasteiger charge is -2.24. The number of carbonyl (C=O) groups is 2. The maximum Gasteiger partial charge on any atom is 0.261 e. The van der Waals surface area contributed by atoms with E-state index < -0.39 is 0 Å². The van der Waals surface area contributed by atoms with Crippen molar-refractivity contribution in [2.75, 3.05) is 54.4 Å². The number of thiophene rings is 2. The SMILES string of the molecule is CN(C)CCCCCCN1C(=O)C2=C(c3ccc(Br)s3)N(CCCCCCN(C)C)C(=O)C2=C1c1ccc(Br)s1.